The van der Waals surface area contributed by atoms with Gasteiger partial charge in [-0.15, -0.1) is 0 Å². The molecule has 3 fully saturated rings. The molecule has 0 nitrogen and oxygen atoms in total. The number of hydrogen-bond donors (Lipinski definition) is 0. The number of fused-ring (bicyclic) bond motifs is 3. The molecule has 3 aliphatic carbocycles. The van der Waals surface area contributed by atoms with Gasteiger partial charge in [0.05, 0.1) is 0 Å². The smallest absolute Gasteiger partial charge is 0.0148 e. The van der Waals surface area contributed by atoms with Crippen LogP contribution in [0.15, 0.2) is 0 Å². The third-order valence-corrected chi connectivity index (χ3v) is 8.88. The van der Waals surface area contributed by atoms with Gasteiger partial charge in [0, 0.05) is 4.83 Å². The van der Waals surface area contributed by atoms with Crippen LogP contribution in [0.4, 0.5) is 0 Å². The maximum atomic E-state index is 3.91. The summed E-state index contributed by atoms with van der Waals surface area (Å²) in [6.07, 6.45) is 25.7. The van der Waals surface area contributed by atoms with Gasteiger partial charge in [-0.25, -0.2) is 0 Å². The van der Waals surface area contributed by atoms with Gasteiger partial charge < -0.3 is 0 Å². The van der Waals surface area contributed by atoms with Crippen molar-refractivity contribution in [3.8, 4) is 0 Å². The van der Waals surface area contributed by atoms with Gasteiger partial charge in [-0.2, -0.15) is 0 Å². The summed E-state index contributed by atoms with van der Waals surface area (Å²) in [6.45, 7) is 2.31. The highest BCUT2D eigenvalue weighted by atomic mass is 79.9. The highest BCUT2D eigenvalue weighted by molar-refractivity contribution is 9.09. The quantitative estimate of drug-likeness (QED) is 0.263. The van der Waals surface area contributed by atoms with Crippen LogP contribution >= 0.6 is 15.9 Å². The molecule has 6 unspecified atom stereocenters. The Balaban J connectivity index is 1.30. The van der Waals surface area contributed by atoms with Gasteiger partial charge in [0.1, 0.15) is 0 Å². The predicted molar refractivity (Wildman–Crippen MR) is 114 cm³/mol. The second kappa shape index (κ2) is 10.7. The molecule has 0 saturated heterocycles. The van der Waals surface area contributed by atoms with E-state index in [0.29, 0.717) is 0 Å². The zero-order valence-corrected chi connectivity index (χ0v) is 18.4. The number of hydrogen-bond acceptors (Lipinski definition) is 0. The fraction of sp³-hybridized carbons (Fsp3) is 1.00. The maximum Gasteiger partial charge on any atom is 0.0148 e. The van der Waals surface area contributed by atoms with Crippen molar-refractivity contribution in [2.45, 2.75) is 121 Å². The number of rotatable bonds is 9. The van der Waals surface area contributed by atoms with Crippen LogP contribution < -0.4 is 0 Å². The van der Waals surface area contributed by atoms with Crippen LogP contribution in [0.2, 0.25) is 0 Å². The number of alkyl halides is 1. The molecular formula is C24H43Br. The first kappa shape index (κ1) is 20.2. The molecule has 0 aromatic rings. The van der Waals surface area contributed by atoms with E-state index < -0.39 is 0 Å². The summed E-state index contributed by atoms with van der Waals surface area (Å²) < 4.78 is 0. The standard InChI is InChI=1S/C24H43Br/c1-2-3-4-5-6-7-8-9-10-19-11-15-23-20(17-19)12-13-21-18-22(25)14-16-24(21)23/h19-24H,2-18H2,1H3. The van der Waals surface area contributed by atoms with Gasteiger partial charge >= 0.3 is 0 Å². The zero-order chi connectivity index (χ0) is 17.5. The highest BCUT2D eigenvalue weighted by Gasteiger charge is 2.43. The van der Waals surface area contributed by atoms with Crippen molar-refractivity contribution in [1.29, 1.82) is 0 Å². The van der Waals surface area contributed by atoms with Crippen molar-refractivity contribution < 1.29 is 0 Å². The first-order chi connectivity index (χ1) is 12.3. The molecule has 0 bridgehead atoms. The summed E-state index contributed by atoms with van der Waals surface area (Å²) in [5, 5.41) is 0. The molecule has 0 aromatic carbocycles. The first-order valence-corrected chi connectivity index (χ1v) is 12.8. The lowest BCUT2D eigenvalue weighted by atomic mass is 9.56. The Bertz CT molecular complexity index is 365. The molecule has 146 valence electrons. The van der Waals surface area contributed by atoms with E-state index in [1.165, 1.54) is 70.6 Å². The molecule has 0 spiro atoms. The van der Waals surface area contributed by atoms with E-state index in [9.17, 15) is 0 Å². The fourth-order valence-electron chi connectivity index (χ4n) is 6.66. The van der Waals surface area contributed by atoms with Crippen LogP contribution in [0.3, 0.4) is 0 Å². The molecular weight excluding hydrogens is 368 g/mol. The van der Waals surface area contributed by atoms with Gasteiger partial charge in [0.25, 0.3) is 0 Å². The van der Waals surface area contributed by atoms with Crippen molar-refractivity contribution in [2.24, 2.45) is 29.6 Å². The minimum absolute atomic E-state index is 0.837. The van der Waals surface area contributed by atoms with Gasteiger partial charge in [-0.05, 0) is 74.5 Å². The third kappa shape index (κ3) is 5.98. The first-order valence-electron chi connectivity index (χ1n) is 11.9. The molecule has 0 aliphatic heterocycles. The average Bonchev–Trinajstić information content (AvgIpc) is 2.63. The van der Waals surface area contributed by atoms with E-state index in [0.717, 1.165) is 34.4 Å². The van der Waals surface area contributed by atoms with Crippen LogP contribution in [0.25, 0.3) is 0 Å². The monoisotopic (exact) mass is 410 g/mol. The SMILES string of the molecule is CCCCCCCCCCC1CCC2C(CCC3CC(Br)CCC32)C1. The third-order valence-electron chi connectivity index (χ3n) is 8.05. The Kier molecular flexibility index (Phi) is 8.67. The molecule has 3 aliphatic rings. The van der Waals surface area contributed by atoms with E-state index in [2.05, 4.69) is 22.9 Å². The Labute approximate surface area is 166 Å². The van der Waals surface area contributed by atoms with Crippen LogP contribution in [0.5, 0.6) is 0 Å². The summed E-state index contributed by atoms with van der Waals surface area (Å²) in [7, 11) is 0. The Morgan fingerprint density at radius 1 is 0.640 bits per heavy atom. The summed E-state index contributed by atoms with van der Waals surface area (Å²) in [5.74, 6) is 5.50. The van der Waals surface area contributed by atoms with Crippen LogP contribution in [-0.4, -0.2) is 4.83 Å². The minimum atomic E-state index is 0.837. The molecule has 25 heavy (non-hydrogen) atoms. The minimum Gasteiger partial charge on any atom is -0.0891 e. The molecule has 0 N–H and O–H groups in total. The molecule has 0 amide bonds. The summed E-state index contributed by atoms with van der Waals surface area (Å²) in [6, 6.07) is 0. The van der Waals surface area contributed by atoms with E-state index in [1.54, 1.807) is 38.5 Å². The number of halogens is 1. The lowest BCUT2D eigenvalue weighted by molar-refractivity contribution is 0.0119. The van der Waals surface area contributed by atoms with E-state index in [-0.39, 0.29) is 0 Å². The van der Waals surface area contributed by atoms with Gasteiger partial charge in [-0.1, -0.05) is 87.1 Å². The largest absolute Gasteiger partial charge is 0.0891 e. The van der Waals surface area contributed by atoms with Crippen molar-refractivity contribution in [2.75, 3.05) is 0 Å². The maximum absolute atomic E-state index is 3.91. The highest BCUT2D eigenvalue weighted by Crippen LogP contribution is 2.53. The van der Waals surface area contributed by atoms with Gasteiger partial charge in [-0.3, -0.25) is 0 Å². The summed E-state index contributed by atoms with van der Waals surface area (Å²) in [5.41, 5.74) is 0. The number of unbranched alkanes of at least 4 members (excludes halogenated alkanes) is 7. The molecule has 3 saturated carbocycles. The Morgan fingerprint density at radius 2 is 1.24 bits per heavy atom. The van der Waals surface area contributed by atoms with E-state index >= 15 is 0 Å². The fourth-order valence-corrected chi connectivity index (χ4v) is 7.41. The predicted octanol–water partition coefficient (Wildman–Crippen LogP) is 8.52. The molecule has 6 atom stereocenters. The topological polar surface area (TPSA) is 0 Å². The Hall–Kier alpha value is 0.480. The molecule has 3 rings (SSSR count). The Morgan fingerprint density at radius 3 is 1.96 bits per heavy atom. The van der Waals surface area contributed by atoms with Crippen molar-refractivity contribution in [3.63, 3.8) is 0 Å². The van der Waals surface area contributed by atoms with Crippen LogP contribution in [-0.2, 0) is 0 Å². The lowest BCUT2D eigenvalue weighted by Crippen LogP contribution is -2.41. The van der Waals surface area contributed by atoms with Crippen LogP contribution in [0, 0.1) is 29.6 Å². The normalized spacial score (nSPS) is 38.2. The molecule has 1 heteroatoms. The summed E-state index contributed by atoms with van der Waals surface area (Å²) >= 11 is 3.91. The lowest BCUT2D eigenvalue weighted by Gasteiger charge is -2.50. The zero-order valence-electron chi connectivity index (χ0n) is 16.9. The van der Waals surface area contributed by atoms with Crippen molar-refractivity contribution >= 4 is 15.9 Å². The second-order valence-corrected chi connectivity index (χ2v) is 11.1. The van der Waals surface area contributed by atoms with Crippen molar-refractivity contribution in [3.05, 3.63) is 0 Å². The second-order valence-electron chi connectivity index (χ2n) is 9.78. The molecule has 0 aromatic heterocycles. The van der Waals surface area contributed by atoms with Gasteiger partial charge in [0.15, 0.2) is 0 Å². The molecule has 0 radical (unpaired) electrons. The van der Waals surface area contributed by atoms with Crippen molar-refractivity contribution in [1.82, 2.24) is 0 Å². The van der Waals surface area contributed by atoms with Gasteiger partial charge in [0.2, 0.25) is 0 Å². The van der Waals surface area contributed by atoms with E-state index in [1.807, 2.05) is 0 Å². The van der Waals surface area contributed by atoms with Crippen LogP contribution in [0.1, 0.15) is 116 Å². The summed E-state index contributed by atoms with van der Waals surface area (Å²) in [4.78, 5) is 0.837. The van der Waals surface area contributed by atoms with E-state index in [4.69, 9.17) is 0 Å². The average molecular weight is 412 g/mol. The molecule has 0 heterocycles.